The molecule has 3 nitrogen and oxygen atoms in total. The molecule has 106 valence electrons. The molecule has 0 aliphatic heterocycles. The molecule has 0 saturated heterocycles. The number of carbonyl (C=O) groups excluding carboxylic acids is 2. The topological polar surface area (TPSA) is 47.0 Å². The van der Waals surface area contributed by atoms with Crippen LogP contribution in [0.15, 0.2) is 54.9 Å². The van der Waals surface area contributed by atoms with E-state index < -0.39 is 0 Å². The standard InChI is InChI=1S/C8H8O.C7H7NO.C2H6/c9-7-6-8-4-2-1-3-5-8;9-5-3-7-2-1-4-8-6-7;1-2/h1-5,7H,6H2;1-2,4-6H,3H2;1-2H3. The zero-order valence-corrected chi connectivity index (χ0v) is 12.0. The Bertz CT molecular complexity index is 409. The summed E-state index contributed by atoms with van der Waals surface area (Å²) in [4.78, 5) is 23.8. The predicted octanol–water partition coefficient (Wildman–Crippen LogP) is 3.28. The third kappa shape index (κ3) is 8.75. The molecule has 0 fully saturated rings. The van der Waals surface area contributed by atoms with Gasteiger partial charge >= 0.3 is 0 Å². The highest BCUT2D eigenvalue weighted by Gasteiger charge is 1.86. The first-order valence-corrected chi connectivity index (χ1v) is 6.67. The zero-order valence-electron chi connectivity index (χ0n) is 12.0. The maximum atomic E-state index is 9.97. The van der Waals surface area contributed by atoms with Gasteiger partial charge in [0.15, 0.2) is 0 Å². The van der Waals surface area contributed by atoms with Gasteiger partial charge in [-0.3, -0.25) is 4.98 Å². The van der Waals surface area contributed by atoms with E-state index in [0.29, 0.717) is 12.8 Å². The molecule has 2 aromatic rings. The fraction of sp³-hybridized carbons (Fsp3) is 0.235. The van der Waals surface area contributed by atoms with Crippen LogP contribution in [0.1, 0.15) is 25.0 Å². The predicted molar refractivity (Wildman–Crippen MR) is 81.6 cm³/mol. The molecule has 0 N–H and O–H groups in total. The molecule has 0 unspecified atom stereocenters. The molecule has 0 aliphatic rings. The summed E-state index contributed by atoms with van der Waals surface area (Å²) in [5.74, 6) is 0. The Morgan fingerprint density at radius 2 is 1.40 bits per heavy atom. The van der Waals surface area contributed by atoms with Gasteiger partial charge in [-0.25, -0.2) is 0 Å². The fourth-order valence-corrected chi connectivity index (χ4v) is 1.33. The molecule has 0 saturated carbocycles. The Morgan fingerprint density at radius 1 is 0.850 bits per heavy atom. The summed E-state index contributed by atoms with van der Waals surface area (Å²) in [5.41, 5.74) is 2.04. The van der Waals surface area contributed by atoms with Crippen molar-refractivity contribution in [3.63, 3.8) is 0 Å². The van der Waals surface area contributed by atoms with E-state index in [0.717, 1.165) is 23.7 Å². The van der Waals surface area contributed by atoms with E-state index in [1.807, 2.05) is 56.3 Å². The molecule has 0 aliphatic carbocycles. The number of pyridine rings is 1. The number of rotatable bonds is 4. The summed E-state index contributed by atoms with van der Waals surface area (Å²) in [6.45, 7) is 4.00. The number of aromatic nitrogens is 1. The van der Waals surface area contributed by atoms with E-state index in [-0.39, 0.29) is 0 Å². The van der Waals surface area contributed by atoms with Gasteiger partial charge in [0.05, 0.1) is 0 Å². The quantitative estimate of drug-likeness (QED) is 0.802. The van der Waals surface area contributed by atoms with Crippen molar-refractivity contribution in [2.45, 2.75) is 26.7 Å². The van der Waals surface area contributed by atoms with Crippen molar-refractivity contribution >= 4 is 12.6 Å². The van der Waals surface area contributed by atoms with Crippen molar-refractivity contribution in [2.75, 3.05) is 0 Å². The Labute approximate surface area is 120 Å². The van der Waals surface area contributed by atoms with Gasteiger partial charge in [0, 0.05) is 25.2 Å². The van der Waals surface area contributed by atoms with Crippen molar-refractivity contribution in [2.24, 2.45) is 0 Å². The number of aldehydes is 2. The molecular formula is C17H21NO2. The van der Waals surface area contributed by atoms with Crippen molar-refractivity contribution in [3.8, 4) is 0 Å². The van der Waals surface area contributed by atoms with Crippen molar-refractivity contribution < 1.29 is 9.59 Å². The lowest BCUT2D eigenvalue weighted by atomic mass is 10.2. The van der Waals surface area contributed by atoms with Crippen LogP contribution in [0.5, 0.6) is 0 Å². The normalized spacial score (nSPS) is 8.30. The molecule has 20 heavy (non-hydrogen) atoms. The second kappa shape index (κ2) is 13.1. The number of nitrogens with zero attached hydrogens (tertiary/aromatic N) is 1. The molecule has 1 heterocycles. The van der Waals surface area contributed by atoms with Crippen LogP contribution in [0.2, 0.25) is 0 Å². The summed E-state index contributed by atoms with van der Waals surface area (Å²) in [7, 11) is 0. The van der Waals surface area contributed by atoms with Crippen molar-refractivity contribution in [1.82, 2.24) is 4.98 Å². The van der Waals surface area contributed by atoms with Crippen LogP contribution in [-0.4, -0.2) is 17.6 Å². The van der Waals surface area contributed by atoms with E-state index in [1.54, 1.807) is 12.4 Å². The second-order valence-electron chi connectivity index (χ2n) is 3.59. The summed E-state index contributed by atoms with van der Waals surface area (Å²) >= 11 is 0. The number of hydrogen-bond donors (Lipinski definition) is 0. The van der Waals surface area contributed by atoms with Crippen LogP contribution in [0.4, 0.5) is 0 Å². The summed E-state index contributed by atoms with van der Waals surface area (Å²) in [6, 6.07) is 13.4. The Kier molecular flexibility index (Phi) is 11.6. The highest BCUT2D eigenvalue weighted by molar-refractivity contribution is 5.54. The van der Waals surface area contributed by atoms with Crippen molar-refractivity contribution in [1.29, 1.82) is 0 Å². The fourth-order valence-electron chi connectivity index (χ4n) is 1.33. The third-order valence-electron chi connectivity index (χ3n) is 2.20. The minimum Gasteiger partial charge on any atom is -0.303 e. The van der Waals surface area contributed by atoms with E-state index in [2.05, 4.69) is 4.98 Å². The molecule has 0 radical (unpaired) electrons. The maximum Gasteiger partial charge on any atom is 0.124 e. The van der Waals surface area contributed by atoms with Gasteiger partial charge in [0.1, 0.15) is 12.6 Å². The first-order chi connectivity index (χ1) is 9.86. The Hall–Kier alpha value is -2.29. The number of carbonyl (C=O) groups is 2. The molecule has 0 bridgehead atoms. The minimum absolute atomic E-state index is 0.466. The molecule has 1 aromatic carbocycles. The molecule has 0 atom stereocenters. The average Bonchev–Trinajstić information content (AvgIpc) is 2.53. The van der Waals surface area contributed by atoms with Gasteiger partial charge in [-0.2, -0.15) is 0 Å². The molecule has 0 spiro atoms. The Morgan fingerprint density at radius 3 is 1.90 bits per heavy atom. The van der Waals surface area contributed by atoms with Crippen LogP contribution in [0.3, 0.4) is 0 Å². The highest BCUT2D eigenvalue weighted by atomic mass is 16.1. The summed E-state index contributed by atoms with van der Waals surface area (Å²) < 4.78 is 0. The zero-order chi connectivity index (χ0) is 15.1. The lowest BCUT2D eigenvalue weighted by Gasteiger charge is -1.89. The minimum atomic E-state index is 0.466. The van der Waals surface area contributed by atoms with Gasteiger partial charge in [0.25, 0.3) is 0 Å². The van der Waals surface area contributed by atoms with E-state index >= 15 is 0 Å². The van der Waals surface area contributed by atoms with Gasteiger partial charge in [-0.05, 0) is 17.2 Å². The lowest BCUT2D eigenvalue weighted by Crippen LogP contribution is -1.84. The lowest BCUT2D eigenvalue weighted by molar-refractivity contribution is -0.108. The van der Waals surface area contributed by atoms with Gasteiger partial charge in [0.2, 0.25) is 0 Å². The Balaban J connectivity index is 0.000000321. The smallest absolute Gasteiger partial charge is 0.124 e. The SMILES string of the molecule is CC.O=CCc1ccccc1.O=CCc1cccnc1. The third-order valence-corrected chi connectivity index (χ3v) is 2.20. The number of benzene rings is 1. The van der Waals surface area contributed by atoms with Crippen molar-refractivity contribution in [3.05, 3.63) is 66.0 Å². The first-order valence-electron chi connectivity index (χ1n) is 6.67. The molecule has 0 amide bonds. The molecule has 3 heteroatoms. The van der Waals surface area contributed by atoms with Gasteiger partial charge < -0.3 is 9.59 Å². The molecule has 2 rings (SSSR count). The van der Waals surface area contributed by atoms with Crippen LogP contribution in [0.25, 0.3) is 0 Å². The van der Waals surface area contributed by atoms with E-state index in [4.69, 9.17) is 0 Å². The van der Waals surface area contributed by atoms with E-state index in [1.165, 1.54) is 0 Å². The van der Waals surface area contributed by atoms with Crippen LogP contribution in [0, 0.1) is 0 Å². The maximum absolute atomic E-state index is 9.97. The molecule has 1 aromatic heterocycles. The van der Waals surface area contributed by atoms with Gasteiger partial charge in [-0.15, -0.1) is 0 Å². The molecular weight excluding hydrogens is 250 g/mol. The van der Waals surface area contributed by atoms with Gasteiger partial charge in [-0.1, -0.05) is 50.2 Å². The highest BCUT2D eigenvalue weighted by Crippen LogP contribution is 1.96. The number of hydrogen-bond acceptors (Lipinski definition) is 3. The van der Waals surface area contributed by atoms with Crippen LogP contribution < -0.4 is 0 Å². The first kappa shape index (κ1) is 17.7. The largest absolute Gasteiger partial charge is 0.303 e. The van der Waals surface area contributed by atoms with Crippen LogP contribution in [-0.2, 0) is 22.4 Å². The average molecular weight is 271 g/mol. The summed E-state index contributed by atoms with van der Waals surface area (Å²) in [5, 5.41) is 0. The monoisotopic (exact) mass is 271 g/mol. The second-order valence-corrected chi connectivity index (χ2v) is 3.59. The van der Waals surface area contributed by atoms with Crippen LogP contribution >= 0.6 is 0 Å². The summed E-state index contributed by atoms with van der Waals surface area (Å²) in [6.07, 6.45) is 6.16. The van der Waals surface area contributed by atoms with E-state index in [9.17, 15) is 9.59 Å².